The molecule has 0 amide bonds. The van der Waals surface area contributed by atoms with Crippen LogP contribution in [0, 0.1) is 19.7 Å². The molecule has 1 nitrogen and oxygen atoms in total. The number of Topliss-reactive ketones (excluding diaryl/α,β-unsaturated/α-hetero) is 1. The summed E-state index contributed by atoms with van der Waals surface area (Å²) in [6.07, 6.45) is 0.984. The Bertz CT molecular complexity index is 602. The van der Waals surface area contributed by atoms with Crippen molar-refractivity contribution in [3.63, 3.8) is 0 Å². The summed E-state index contributed by atoms with van der Waals surface area (Å²) in [4.78, 5) is 12.0. The first-order chi connectivity index (χ1) is 9.06. The van der Waals surface area contributed by atoms with E-state index in [9.17, 15) is 9.18 Å². The predicted molar refractivity (Wildman–Crippen MR) is 75.0 cm³/mol. The predicted octanol–water partition coefficient (Wildman–Crippen LogP) is 4.26. The first-order valence-electron chi connectivity index (χ1n) is 6.41. The van der Waals surface area contributed by atoms with Gasteiger partial charge in [0.1, 0.15) is 5.82 Å². The maximum atomic E-state index is 13.6. The minimum Gasteiger partial charge on any atom is -0.294 e. The Morgan fingerprint density at radius 1 is 1.05 bits per heavy atom. The Balaban J connectivity index is 2.07. The quantitative estimate of drug-likeness (QED) is 0.747. The van der Waals surface area contributed by atoms with Crippen LogP contribution in [0.4, 0.5) is 4.39 Å². The minimum atomic E-state index is -0.431. The molecule has 0 saturated carbocycles. The summed E-state index contributed by atoms with van der Waals surface area (Å²) in [6.45, 7) is 3.88. The zero-order valence-corrected chi connectivity index (χ0v) is 11.2. The van der Waals surface area contributed by atoms with Crippen molar-refractivity contribution in [1.29, 1.82) is 0 Å². The Hall–Kier alpha value is -1.96. The number of carbonyl (C=O) groups is 1. The first kappa shape index (κ1) is 13.5. The van der Waals surface area contributed by atoms with Gasteiger partial charge in [-0.15, -0.1) is 0 Å². The van der Waals surface area contributed by atoms with E-state index in [0.717, 1.165) is 11.1 Å². The number of rotatable bonds is 4. The standard InChI is InChI=1S/C17H17FO/c1-12-4-3-5-14(10-12)7-9-17(19)15-11-13(2)6-8-16(15)18/h3-6,8,10-11H,7,9H2,1-2H3. The summed E-state index contributed by atoms with van der Waals surface area (Å²) < 4.78 is 13.6. The van der Waals surface area contributed by atoms with E-state index in [0.29, 0.717) is 12.8 Å². The molecule has 0 heterocycles. The van der Waals surface area contributed by atoms with Gasteiger partial charge in [0.2, 0.25) is 0 Å². The molecule has 2 aromatic carbocycles. The van der Waals surface area contributed by atoms with E-state index >= 15 is 0 Å². The molecular weight excluding hydrogens is 239 g/mol. The zero-order chi connectivity index (χ0) is 13.8. The van der Waals surface area contributed by atoms with Gasteiger partial charge in [0.15, 0.2) is 5.78 Å². The first-order valence-corrected chi connectivity index (χ1v) is 6.41. The van der Waals surface area contributed by atoms with Crippen molar-refractivity contribution in [2.24, 2.45) is 0 Å². The lowest BCUT2D eigenvalue weighted by Gasteiger charge is -2.05. The molecule has 0 saturated heterocycles. The summed E-state index contributed by atoms with van der Waals surface area (Å²) in [7, 11) is 0. The number of hydrogen-bond acceptors (Lipinski definition) is 1. The van der Waals surface area contributed by atoms with Crippen LogP contribution in [0.5, 0.6) is 0 Å². The second kappa shape index (κ2) is 5.79. The second-order valence-corrected chi connectivity index (χ2v) is 4.90. The van der Waals surface area contributed by atoms with Gasteiger partial charge >= 0.3 is 0 Å². The van der Waals surface area contributed by atoms with Gasteiger partial charge in [0.05, 0.1) is 5.56 Å². The lowest BCUT2D eigenvalue weighted by Crippen LogP contribution is -2.04. The molecule has 0 bridgehead atoms. The molecule has 2 heteroatoms. The normalized spacial score (nSPS) is 10.5. The van der Waals surface area contributed by atoms with E-state index in [1.807, 2.05) is 32.0 Å². The van der Waals surface area contributed by atoms with Gasteiger partial charge in [-0.25, -0.2) is 4.39 Å². The Morgan fingerprint density at radius 3 is 2.53 bits per heavy atom. The fourth-order valence-electron chi connectivity index (χ4n) is 2.11. The van der Waals surface area contributed by atoms with Crippen LogP contribution in [0.1, 0.15) is 33.5 Å². The summed E-state index contributed by atoms with van der Waals surface area (Å²) in [5.41, 5.74) is 3.39. The molecule has 0 aromatic heterocycles. The van der Waals surface area contributed by atoms with E-state index in [2.05, 4.69) is 6.07 Å². The Kier molecular flexibility index (Phi) is 4.10. The smallest absolute Gasteiger partial charge is 0.166 e. The van der Waals surface area contributed by atoms with Gasteiger partial charge in [0.25, 0.3) is 0 Å². The van der Waals surface area contributed by atoms with Crippen molar-refractivity contribution in [1.82, 2.24) is 0 Å². The lowest BCUT2D eigenvalue weighted by atomic mass is 10.0. The average Bonchev–Trinajstić information content (AvgIpc) is 2.39. The van der Waals surface area contributed by atoms with E-state index in [4.69, 9.17) is 0 Å². The number of ketones is 1. The highest BCUT2D eigenvalue weighted by atomic mass is 19.1. The molecule has 0 radical (unpaired) electrons. The van der Waals surface area contributed by atoms with Gasteiger partial charge in [-0.1, -0.05) is 41.5 Å². The van der Waals surface area contributed by atoms with Gasteiger partial charge in [-0.05, 0) is 38.0 Å². The van der Waals surface area contributed by atoms with E-state index in [1.165, 1.54) is 11.6 Å². The van der Waals surface area contributed by atoms with Crippen molar-refractivity contribution in [3.05, 3.63) is 70.5 Å². The van der Waals surface area contributed by atoms with Gasteiger partial charge in [-0.2, -0.15) is 0 Å². The molecule has 0 aliphatic rings. The largest absolute Gasteiger partial charge is 0.294 e. The van der Waals surface area contributed by atoms with Gasteiger partial charge in [-0.3, -0.25) is 4.79 Å². The third-order valence-electron chi connectivity index (χ3n) is 3.15. The number of hydrogen-bond donors (Lipinski definition) is 0. The number of benzene rings is 2. The molecular formula is C17H17FO. The van der Waals surface area contributed by atoms with Gasteiger partial charge in [0, 0.05) is 6.42 Å². The van der Waals surface area contributed by atoms with Crippen LogP contribution in [0.15, 0.2) is 42.5 Å². The van der Waals surface area contributed by atoms with Crippen molar-refractivity contribution in [2.75, 3.05) is 0 Å². The molecule has 0 fully saturated rings. The third kappa shape index (κ3) is 3.50. The average molecular weight is 256 g/mol. The fraction of sp³-hybridized carbons (Fsp3) is 0.235. The summed E-state index contributed by atoms with van der Waals surface area (Å²) >= 11 is 0. The van der Waals surface area contributed by atoms with Crippen molar-refractivity contribution in [3.8, 4) is 0 Å². The monoisotopic (exact) mass is 256 g/mol. The van der Waals surface area contributed by atoms with Crippen molar-refractivity contribution in [2.45, 2.75) is 26.7 Å². The SMILES string of the molecule is Cc1cccc(CCC(=O)c2cc(C)ccc2F)c1. The lowest BCUT2D eigenvalue weighted by molar-refractivity contribution is 0.0979. The van der Waals surface area contributed by atoms with Crippen LogP contribution in [-0.2, 0) is 6.42 Å². The molecule has 0 spiro atoms. The van der Waals surface area contributed by atoms with Crippen LogP contribution >= 0.6 is 0 Å². The van der Waals surface area contributed by atoms with E-state index in [1.54, 1.807) is 12.1 Å². The van der Waals surface area contributed by atoms with Gasteiger partial charge < -0.3 is 0 Å². The molecule has 0 N–H and O–H groups in total. The molecule has 0 aliphatic carbocycles. The molecule has 19 heavy (non-hydrogen) atoms. The highest BCUT2D eigenvalue weighted by Crippen LogP contribution is 2.14. The fourth-order valence-corrected chi connectivity index (χ4v) is 2.11. The molecule has 98 valence electrons. The third-order valence-corrected chi connectivity index (χ3v) is 3.15. The van der Waals surface area contributed by atoms with E-state index < -0.39 is 5.82 Å². The summed E-state index contributed by atoms with van der Waals surface area (Å²) in [5.74, 6) is -0.567. The second-order valence-electron chi connectivity index (χ2n) is 4.90. The van der Waals surface area contributed by atoms with Crippen LogP contribution in [0.25, 0.3) is 0 Å². The Morgan fingerprint density at radius 2 is 1.79 bits per heavy atom. The zero-order valence-electron chi connectivity index (χ0n) is 11.2. The molecule has 0 unspecified atom stereocenters. The summed E-state index contributed by atoms with van der Waals surface area (Å²) in [6, 6.07) is 12.7. The Labute approximate surface area is 113 Å². The minimum absolute atomic E-state index is 0.136. The van der Waals surface area contributed by atoms with Crippen molar-refractivity contribution >= 4 is 5.78 Å². The maximum absolute atomic E-state index is 13.6. The molecule has 2 aromatic rings. The number of halogens is 1. The van der Waals surface area contributed by atoms with Crippen LogP contribution in [0.2, 0.25) is 0 Å². The highest BCUT2D eigenvalue weighted by Gasteiger charge is 2.11. The van der Waals surface area contributed by atoms with Crippen LogP contribution < -0.4 is 0 Å². The van der Waals surface area contributed by atoms with Crippen LogP contribution in [0.3, 0.4) is 0 Å². The maximum Gasteiger partial charge on any atom is 0.166 e. The molecule has 0 atom stereocenters. The van der Waals surface area contributed by atoms with Crippen molar-refractivity contribution < 1.29 is 9.18 Å². The van der Waals surface area contributed by atoms with Crippen LogP contribution in [-0.4, -0.2) is 5.78 Å². The van der Waals surface area contributed by atoms with E-state index in [-0.39, 0.29) is 11.3 Å². The number of carbonyl (C=O) groups excluding carboxylic acids is 1. The molecule has 2 rings (SSSR count). The number of aryl methyl sites for hydroxylation is 3. The molecule has 0 aliphatic heterocycles. The summed E-state index contributed by atoms with van der Waals surface area (Å²) in [5, 5.41) is 0. The highest BCUT2D eigenvalue weighted by molar-refractivity contribution is 5.96. The topological polar surface area (TPSA) is 17.1 Å².